The van der Waals surface area contributed by atoms with Gasteiger partial charge in [0.25, 0.3) is 5.91 Å². The van der Waals surface area contributed by atoms with Crippen molar-refractivity contribution in [2.45, 2.75) is 53.2 Å². The smallest absolute Gasteiger partial charge is 0.407 e. The third-order valence-electron chi connectivity index (χ3n) is 4.57. The molecule has 0 heterocycles. The summed E-state index contributed by atoms with van der Waals surface area (Å²) in [7, 11) is 0. The number of carbonyl (C=O) groups excluding carboxylic acids is 3. The van der Waals surface area contributed by atoms with Gasteiger partial charge in [0.2, 0.25) is 5.91 Å². The van der Waals surface area contributed by atoms with Gasteiger partial charge in [-0.1, -0.05) is 18.2 Å². The number of carbonyl (C=O) groups is 3. The summed E-state index contributed by atoms with van der Waals surface area (Å²) >= 11 is 0. The summed E-state index contributed by atoms with van der Waals surface area (Å²) < 4.78 is 10.7. The number of amides is 3. The minimum Gasteiger partial charge on any atom is -0.484 e. The largest absolute Gasteiger partial charge is 0.484 e. The van der Waals surface area contributed by atoms with Crippen molar-refractivity contribution in [2.24, 2.45) is 0 Å². The van der Waals surface area contributed by atoms with Gasteiger partial charge in [-0.2, -0.15) is 0 Å². The lowest BCUT2D eigenvalue weighted by molar-refractivity contribution is -0.121. The maximum absolute atomic E-state index is 12.2. The van der Waals surface area contributed by atoms with Gasteiger partial charge in [-0.05, 0) is 75.6 Å². The van der Waals surface area contributed by atoms with Gasteiger partial charge in [0.1, 0.15) is 11.4 Å². The van der Waals surface area contributed by atoms with E-state index < -0.39 is 11.7 Å². The number of aryl methyl sites for hydroxylation is 2. The lowest BCUT2D eigenvalue weighted by Crippen LogP contribution is -2.35. The summed E-state index contributed by atoms with van der Waals surface area (Å²) in [5.74, 6) is 0.163. The molecule has 178 valence electrons. The third kappa shape index (κ3) is 10.1. The fourth-order valence-electron chi connectivity index (χ4n) is 2.79. The summed E-state index contributed by atoms with van der Waals surface area (Å²) in [6, 6.07) is 12.9. The SMILES string of the molecule is Cc1ccc(OCC(=O)Nc2cccc(CNC(=O)CCNC(=O)OC(C)(C)C)c2)cc1C. The van der Waals surface area contributed by atoms with Crippen LogP contribution in [0.3, 0.4) is 0 Å². The lowest BCUT2D eigenvalue weighted by Gasteiger charge is -2.19. The van der Waals surface area contributed by atoms with Crippen molar-refractivity contribution in [3.05, 3.63) is 59.2 Å². The van der Waals surface area contributed by atoms with Crippen LogP contribution in [-0.2, 0) is 20.9 Å². The van der Waals surface area contributed by atoms with Gasteiger partial charge in [0.05, 0.1) is 0 Å². The van der Waals surface area contributed by atoms with Crippen molar-refractivity contribution >= 4 is 23.6 Å². The number of benzene rings is 2. The predicted molar refractivity (Wildman–Crippen MR) is 127 cm³/mol. The Bertz CT molecular complexity index is 982. The van der Waals surface area contributed by atoms with Crippen LogP contribution in [0.1, 0.15) is 43.9 Å². The molecule has 0 saturated heterocycles. The van der Waals surface area contributed by atoms with Crippen LogP contribution in [0.15, 0.2) is 42.5 Å². The highest BCUT2D eigenvalue weighted by Crippen LogP contribution is 2.16. The molecule has 0 aromatic heterocycles. The Morgan fingerprint density at radius 3 is 2.36 bits per heavy atom. The van der Waals surface area contributed by atoms with Crippen molar-refractivity contribution < 1.29 is 23.9 Å². The van der Waals surface area contributed by atoms with Crippen LogP contribution in [0.4, 0.5) is 10.5 Å². The summed E-state index contributed by atoms with van der Waals surface area (Å²) in [4.78, 5) is 35.8. The first kappa shape index (κ1) is 25.7. The van der Waals surface area contributed by atoms with Crippen molar-refractivity contribution in [2.75, 3.05) is 18.5 Å². The van der Waals surface area contributed by atoms with Crippen LogP contribution < -0.4 is 20.7 Å². The van der Waals surface area contributed by atoms with Crippen LogP contribution in [0, 0.1) is 13.8 Å². The van der Waals surface area contributed by atoms with Gasteiger partial charge in [0.15, 0.2) is 6.61 Å². The third-order valence-corrected chi connectivity index (χ3v) is 4.57. The summed E-state index contributed by atoms with van der Waals surface area (Å²) in [5, 5.41) is 8.13. The first-order chi connectivity index (χ1) is 15.5. The maximum atomic E-state index is 12.2. The first-order valence-electron chi connectivity index (χ1n) is 10.8. The zero-order chi connectivity index (χ0) is 24.4. The van der Waals surface area contributed by atoms with Crippen LogP contribution in [-0.4, -0.2) is 36.7 Å². The highest BCUT2D eigenvalue weighted by Gasteiger charge is 2.15. The summed E-state index contributed by atoms with van der Waals surface area (Å²) in [5.41, 5.74) is 3.12. The van der Waals surface area contributed by atoms with Crippen molar-refractivity contribution in [1.29, 1.82) is 0 Å². The van der Waals surface area contributed by atoms with Crippen LogP contribution in [0.5, 0.6) is 5.75 Å². The second-order valence-electron chi connectivity index (χ2n) is 8.74. The molecule has 33 heavy (non-hydrogen) atoms. The normalized spacial score (nSPS) is 10.8. The molecule has 0 bridgehead atoms. The van der Waals surface area contributed by atoms with Gasteiger partial charge in [-0.3, -0.25) is 9.59 Å². The van der Waals surface area contributed by atoms with Crippen molar-refractivity contribution in [3.63, 3.8) is 0 Å². The van der Waals surface area contributed by atoms with Crippen LogP contribution in [0.25, 0.3) is 0 Å². The van der Waals surface area contributed by atoms with Crippen LogP contribution in [0.2, 0.25) is 0 Å². The van der Waals surface area contributed by atoms with E-state index in [9.17, 15) is 14.4 Å². The minimum atomic E-state index is -0.585. The molecular weight excluding hydrogens is 422 g/mol. The Balaban J connectivity index is 1.73. The average Bonchev–Trinajstić information content (AvgIpc) is 2.72. The number of nitrogens with one attached hydrogen (secondary N) is 3. The van der Waals surface area contributed by atoms with Crippen molar-refractivity contribution in [1.82, 2.24) is 10.6 Å². The average molecular weight is 456 g/mol. The Morgan fingerprint density at radius 2 is 1.67 bits per heavy atom. The highest BCUT2D eigenvalue weighted by molar-refractivity contribution is 5.92. The van der Waals surface area contributed by atoms with Crippen molar-refractivity contribution in [3.8, 4) is 5.75 Å². The molecule has 0 fully saturated rings. The van der Waals surface area contributed by atoms with E-state index in [1.54, 1.807) is 39.0 Å². The number of anilines is 1. The Morgan fingerprint density at radius 1 is 0.909 bits per heavy atom. The molecule has 2 aromatic rings. The van der Waals surface area contributed by atoms with E-state index in [1.165, 1.54) is 0 Å². The maximum Gasteiger partial charge on any atom is 0.407 e. The zero-order valence-electron chi connectivity index (χ0n) is 19.9. The molecule has 0 saturated carbocycles. The molecule has 0 spiro atoms. The fraction of sp³-hybridized carbons (Fsp3) is 0.400. The van der Waals surface area contributed by atoms with E-state index in [2.05, 4.69) is 16.0 Å². The first-order valence-corrected chi connectivity index (χ1v) is 10.8. The summed E-state index contributed by atoms with van der Waals surface area (Å²) in [6.07, 6.45) is -0.425. The molecule has 2 rings (SSSR count). The second kappa shape index (κ2) is 11.9. The number of alkyl carbamates (subject to hydrolysis) is 1. The zero-order valence-corrected chi connectivity index (χ0v) is 19.9. The fourth-order valence-corrected chi connectivity index (χ4v) is 2.79. The molecular formula is C25H33N3O5. The van der Waals surface area contributed by atoms with E-state index in [0.29, 0.717) is 18.0 Å². The van der Waals surface area contributed by atoms with Gasteiger partial charge >= 0.3 is 6.09 Å². The quantitative estimate of drug-likeness (QED) is 0.533. The van der Waals surface area contributed by atoms with E-state index in [1.807, 2.05) is 38.1 Å². The molecule has 0 radical (unpaired) electrons. The second-order valence-corrected chi connectivity index (χ2v) is 8.74. The minimum absolute atomic E-state index is 0.103. The molecule has 3 amide bonds. The molecule has 3 N–H and O–H groups in total. The molecule has 0 aliphatic rings. The Labute approximate surface area is 195 Å². The van der Waals surface area contributed by atoms with Crippen LogP contribution >= 0.6 is 0 Å². The molecule has 8 heteroatoms. The molecule has 8 nitrogen and oxygen atoms in total. The molecule has 0 atom stereocenters. The molecule has 0 unspecified atom stereocenters. The molecule has 2 aromatic carbocycles. The molecule has 0 aliphatic heterocycles. The monoisotopic (exact) mass is 455 g/mol. The number of ether oxygens (including phenoxy) is 2. The topological polar surface area (TPSA) is 106 Å². The van der Waals surface area contributed by atoms with E-state index in [0.717, 1.165) is 16.7 Å². The lowest BCUT2D eigenvalue weighted by atomic mass is 10.1. The number of rotatable bonds is 9. The summed E-state index contributed by atoms with van der Waals surface area (Å²) in [6.45, 7) is 9.70. The van der Waals surface area contributed by atoms with E-state index in [4.69, 9.17) is 9.47 Å². The van der Waals surface area contributed by atoms with E-state index >= 15 is 0 Å². The highest BCUT2D eigenvalue weighted by atomic mass is 16.6. The van der Waals surface area contributed by atoms with Gasteiger partial charge in [-0.25, -0.2) is 4.79 Å². The van der Waals surface area contributed by atoms with Gasteiger partial charge < -0.3 is 25.4 Å². The standard InChI is InChI=1S/C25H33N3O5/c1-17-9-10-21(13-18(17)2)32-16-23(30)28-20-8-6-7-19(14-20)15-27-22(29)11-12-26-24(31)33-25(3,4)5/h6-10,13-14H,11-12,15-16H2,1-5H3,(H,26,31)(H,27,29)(H,28,30). The van der Waals surface area contributed by atoms with E-state index in [-0.39, 0.29) is 31.4 Å². The van der Waals surface area contributed by atoms with Gasteiger partial charge in [0, 0.05) is 25.2 Å². The molecule has 0 aliphatic carbocycles. The predicted octanol–water partition coefficient (Wildman–Crippen LogP) is 3.85. The Hall–Kier alpha value is -3.55. The number of hydrogen-bond donors (Lipinski definition) is 3. The van der Waals surface area contributed by atoms with Gasteiger partial charge in [-0.15, -0.1) is 0 Å². The Kier molecular flexibility index (Phi) is 9.27. The number of hydrogen-bond acceptors (Lipinski definition) is 5.